The predicted octanol–water partition coefficient (Wildman–Crippen LogP) is 2.89. The van der Waals surface area contributed by atoms with Crippen LogP contribution < -0.4 is 5.32 Å². The van der Waals surface area contributed by atoms with Gasteiger partial charge in [0, 0.05) is 24.1 Å². The highest BCUT2D eigenvalue weighted by Gasteiger charge is 2.21. The minimum atomic E-state index is -0.589. The number of rotatable bonds is 4. The largest absolute Gasteiger partial charge is 0.467 e. The molecular weight excluding hydrogens is 258 g/mol. The second kappa shape index (κ2) is 5.82. The van der Waals surface area contributed by atoms with Gasteiger partial charge in [0.2, 0.25) is 0 Å². The lowest BCUT2D eigenvalue weighted by molar-refractivity contribution is 0.144. The van der Waals surface area contributed by atoms with Crippen LogP contribution in [-0.4, -0.2) is 17.4 Å². The molecule has 100 valence electrons. The summed E-state index contributed by atoms with van der Waals surface area (Å²) in [5.74, 6) is 2.74. The minimum Gasteiger partial charge on any atom is -0.467 e. The van der Waals surface area contributed by atoms with Crippen LogP contribution in [0.2, 0.25) is 0 Å². The molecule has 1 aliphatic heterocycles. The van der Waals surface area contributed by atoms with Crippen LogP contribution in [0.15, 0.2) is 47.1 Å². The normalized spacial score (nSPS) is 19.9. The van der Waals surface area contributed by atoms with Gasteiger partial charge in [-0.15, -0.1) is 0 Å². The third-order valence-corrected chi connectivity index (χ3v) is 4.49. The number of nitrogens with one attached hydrogen (secondary N) is 1. The summed E-state index contributed by atoms with van der Waals surface area (Å²) in [5.41, 5.74) is 2.75. The Morgan fingerprint density at radius 2 is 2.21 bits per heavy atom. The Hall–Kier alpha value is -1.23. The molecule has 2 atom stereocenters. The van der Waals surface area contributed by atoms with Crippen molar-refractivity contribution in [3.63, 3.8) is 0 Å². The fraction of sp³-hybridized carbons (Fsp3) is 0.333. The van der Waals surface area contributed by atoms with Crippen molar-refractivity contribution in [2.75, 3.05) is 12.3 Å². The van der Waals surface area contributed by atoms with Crippen molar-refractivity contribution in [1.29, 1.82) is 0 Å². The lowest BCUT2D eigenvalue weighted by Gasteiger charge is -2.26. The fourth-order valence-corrected chi connectivity index (χ4v) is 3.52. The zero-order valence-electron chi connectivity index (χ0n) is 10.6. The van der Waals surface area contributed by atoms with Crippen molar-refractivity contribution in [3.05, 3.63) is 59.5 Å². The van der Waals surface area contributed by atoms with Gasteiger partial charge in [0.15, 0.2) is 0 Å². The second-order valence-corrected chi connectivity index (χ2v) is 5.74. The van der Waals surface area contributed by atoms with Crippen LogP contribution in [0.25, 0.3) is 0 Å². The Kier molecular flexibility index (Phi) is 3.92. The molecule has 3 nitrogen and oxygen atoms in total. The van der Waals surface area contributed by atoms with E-state index in [2.05, 4.69) is 29.6 Å². The Morgan fingerprint density at radius 1 is 1.32 bits per heavy atom. The molecule has 1 aromatic carbocycles. The summed E-state index contributed by atoms with van der Waals surface area (Å²) in [7, 11) is 0. The smallest absolute Gasteiger partial charge is 0.133 e. The minimum absolute atomic E-state index is 0.305. The van der Waals surface area contributed by atoms with Gasteiger partial charge >= 0.3 is 0 Å². The van der Waals surface area contributed by atoms with Gasteiger partial charge in [-0.2, -0.15) is 11.8 Å². The van der Waals surface area contributed by atoms with Crippen LogP contribution in [0.5, 0.6) is 0 Å². The molecule has 1 aliphatic rings. The number of thioether (sulfide) groups is 1. The first kappa shape index (κ1) is 12.8. The number of benzene rings is 1. The number of hydrogen-bond acceptors (Lipinski definition) is 4. The topological polar surface area (TPSA) is 45.4 Å². The molecule has 3 rings (SSSR count). The lowest BCUT2D eigenvalue weighted by atomic mass is 10.0. The van der Waals surface area contributed by atoms with E-state index in [0.29, 0.717) is 18.3 Å². The monoisotopic (exact) mass is 275 g/mol. The van der Waals surface area contributed by atoms with Crippen LogP contribution in [-0.2, 0) is 5.75 Å². The molecule has 1 aromatic heterocycles. The Morgan fingerprint density at radius 3 is 3.05 bits per heavy atom. The summed E-state index contributed by atoms with van der Waals surface area (Å²) in [5, 5.41) is 13.5. The predicted molar refractivity (Wildman–Crippen MR) is 77.0 cm³/mol. The summed E-state index contributed by atoms with van der Waals surface area (Å²) in [6, 6.07) is 12.4. The summed E-state index contributed by atoms with van der Waals surface area (Å²) in [4.78, 5) is 0. The van der Waals surface area contributed by atoms with E-state index in [9.17, 15) is 5.11 Å². The zero-order valence-corrected chi connectivity index (χ0v) is 11.4. The number of furan rings is 1. The summed E-state index contributed by atoms with van der Waals surface area (Å²) in [6.45, 7) is 0.507. The molecule has 2 aromatic rings. The van der Waals surface area contributed by atoms with Crippen LogP contribution in [0.3, 0.4) is 0 Å². The summed E-state index contributed by atoms with van der Waals surface area (Å²) < 4.78 is 5.21. The standard InChI is InChI=1S/C15H17NO2S/c17-14(15-6-3-7-18-15)8-16-13-10-19-9-11-4-1-2-5-12(11)13/h1-7,13-14,16-17H,8-10H2/t13-,14-/m1/s1. The molecule has 0 unspecified atom stereocenters. The van der Waals surface area contributed by atoms with Gasteiger partial charge in [-0.3, -0.25) is 0 Å². The van der Waals surface area contributed by atoms with E-state index in [1.807, 2.05) is 11.8 Å². The number of fused-ring (bicyclic) bond motifs is 1. The molecule has 0 fully saturated rings. The van der Waals surface area contributed by atoms with Gasteiger partial charge in [0.1, 0.15) is 11.9 Å². The maximum Gasteiger partial charge on any atom is 0.133 e. The van der Waals surface area contributed by atoms with Gasteiger partial charge in [0.25, 0.3) is 0 Å². The Bertz CT molecular complexity index is 527. The SMILES string of the molecule is O[C@H](CN[C@@H]1CSCc2ccccc21)c1ccco1. The molecule has 0 saturated carbocycles. The molecule has 19 heavy (non-hydrogen) atoms. The summed E-state index contributed by atoms with van der Waals surface area (Å²) >= 11 is 1.93. The van der Waals surface area contributed by atoms with Crippen LogP contribution in [0.1, 0.15) is 29.0 Å². The molecule has 0 amide bonds. The van der Waals surface area contributed by atoms with E-state index in [4.69, 9.17) is 4.42 Å². The molecule has 0 aliphatic carbocycles. The Balaban J connectivity index is 1.65. The van der Waals surface area contributed by atoms with Crippen molar-refractivity contribution >= 4 is 11.8 Å². The number of aliphatic hydroxyl groups excluding tert-OH is 1. The van der Waals surface area contributed by atoms with E-state index in [0.717, 1.165) is 11.5 Å². The average molecular weight is 275 g/mol. The van der Waals surface area contributed by atoms with E-state index >= 15 is 0 Å². The highest BCUT2D eigenvalue weighted by Crippen LogP contribution is 2.31. The molecule has 2 N–H and O–H groups in total. The van der Waals surface area contributed by atoms with E-state index < -0.39 is 6.10 Å². The molecule has 0 bridgehead atoms. The molecule has 0 radical (unpaired) electrons. The van der Waals surface area contributed by atoms with Crippen LogP contribution >= 0.6 is 11.8 Å². The van der Waals surface area contributed by atoms with Gasteiger partial charge in [0.05, 0.1) is 6.26 Å². The first-order valence-corrected chi connectivity index (χ1v) is 7.60. The molecule has 2 heterocycles. The third kappa shape index (κ3) is 2.86. The van der Waals surface area contributed by atoms with Crippen molar-refractivity contribution in [2.45, 2.75) is 17.9 Å². The van der Waals surface area contributed by atoms with Crippen molar-refractivity contribution in [3.8, 4) is 0 Å². The van der Waals surface area contributed by atoms with Gasteiger partial charge in [-0.1, -0.05) is 24.3 Å². The second-order valence-electron chi connectivity index (χ2n) is 4.71. The molecular formula is C15H17NO2S. The Labute approximate surface area is 117 Å². The lowest BCUT2D eigenvalue weighted by Crippen LogP contribution is -2.30. The number of hydrogen-bond donors (Lipinski definition) is 2. The van der Waals surface area contributed by atoms with Gasteiger partial charge in [-0.25, -0.2) is 0 Å². The van der Waals surface area contributed by atoms with E-state index in [1.165, 1.54) is 11.1 Å². The van der Waals surface area contributed by atoms with Crippen molar-refractivity contribution < 1.29 is 9.52 Å². The quantitative estimate of drug-likeness (QED) is 0.900. The van der Waals surface area contributed by atoms with Crippen LogP contribution in [0.4, 0.5) is 0 Å². The molecule has 4 heteroatoms. The first-order chi connectivity index (χ1) is 9.34. The zero-order chi connectivity index (χ0) is 13.1. The summed E-state index contributed by atoms with van der Waals surface area (Å²) in [6.07, 6.45) is 0.999. The third-order valence-electron chi connectivity index (χ3n) is 3.40. The number of aliphatic hydroxyl groups is 1. The average Bonchev–Trinajstić information content (AvgIpc) is 2.99. The van der Waals surface area contributed by atoms with Crippen LogP contribution in [0, 0.1) is 0 Å². The molecule has 0 spiro atoms. The fourth-order valence-electron chi connectivity index (χ4n) is 2.39. The van der Waals surface area contributed by atoms with Crippen molar-refractivity contribution in [1.82, 2.24) is 5.32 Å². The first-order valence-electron chi connectivity index (χ1n) is 6.45. The van der Waals surface area contributed by atoms with E-state index in [1.54, 1.807) is 18.4 Å². The maximum atomic E-state index is 10.0. The maximum absolute atomic E-state index is 10.0. The van der Waals surface area contributed by atoms with E-state index in [-0.39, 0.29) is 0 Å². The highest BCUT2D eigenvalue weighted by atomic mass is 32.2. The highest BCUT2D eigenvalue weighted by molar-refractivity contribution is 7.98. The molecule has 0 saturated heterocycles. The van der Waals surface area contributed by atoms with Gasteiger partial charge in [-0.05, 0) is 23.3 Å². The van der Waals surface area contributed by atoms with Crippen molar-refractivity contribution in [2.24, 2.45) is 0 Å². The van der Waals surface area contributed by atoms with Gasteiger partial charge < -0.3 is 14.8 Å².